The molecule has 2 unspecified atom stereocenters. The Balaban J connectivity index is 2.15. The van der Waals surface area contributed by atoms with Gasteiger partial charge in [0.05, 0.1) is 0 Å². The number of hydrogen-bond donors (Lipinski definition) is 1. The van der Waals surface area contributed by atoms with Crippen molar-refractivity contribution in [2.75, 3.05) is 11.9 Å². The van der Waals surface area contributed by atoms with Crippen molar-refractivity contribution in [1.29, 1.82) is 0 Å². The largest absolute Gasteiger partial charge is 0.385 e. The highest BCUT2D eigenvalue weighted by molar-refractivity contribution is 5.93. The van der Waals surface area contributed by atoms with Gasteiger partial charge in [-0.15, -0.1) is 0 Å². The quantitative estimate of drug-likeness (QED) is 0.896. The minimum absolute atomic E-state index is 0.0713. The van der Waals surface area contributed by atoms with E-state index in [1.54, 1.807) is 6.20 Å². The summed E-state index contributed by atoms with van der Waals surface area (Å²) in [5.74, 6) is 0.0713. The first-order chi connectivity index (χ1) is 9.67. The topological polar surface area (TPSA) is 45.2 Å². The van der Waals surface area contributed by atoms with E-state index in [2.05, 4.69) is 31.1 Å². The molecule has 1 fully saturated rings. The summed E-state index contributed by atoms with van der Waals surface area (Å²) in [4.78, 5) is 19.0. The number of carbonyl (C=O) groups is 1. The predicted octanol–water partition coefficient (Wildman–Crippen LogP) is 3.31. The Morgan fingerprint density at radius 3 is 2.95 bits per heavy atom. The fourth-order valence-corrected chi connectivity index (χ4v) is 2.90. The molecule has 2 rings (SSSR count). The van der Waals surface area contributed by atoms with Gasteiger partial charge in [0.25, 0.3) is 5.91 Å². The molecule has 0 bridgehead atoms. The molecule has 4 nitrogen and oxygen atoms in total. The lowest BCUT2D eigenvalue weighted by Gasteiger charge is -2.27. The van der Waals surface area contributed by atoms with Gasteiger partial charge in [0.2, 0.25) is 0 Å². The number of nitrogens with zero attached hydrogens (tertiary/aromatic N) is 2. The molecule has 20 heavy (non-hydrogen) atoms. The molecule has 0 saturated carbocycles. The lowest BCUT2D eigenvalue weighted by molar-refractivity contribution is 0.0670. The third-order valence-corrected chi connectivity index (χ3v) is 4.05. The van der Waals surface area contributed by atoms with E-state index in [9.17, 15) is 4.79 Å². The van der Waals surface area contributed by atoms with Crippen LogP contribution in [-0.2, 0) is 0 Å². The second kappa shape index (κ2) is 6.73. The van der Waals surface area contributed by atoms with Crippen LogP contribution in [0.2, 0.25) is 0 Å². The molecule has 1 aromatic heterocycles. The van der Waals surface area contributed by atoms with Gasteiger partial charge in [-0.2, -0.15) is 0 Å². The number of pyridine rings is 1. The molecule has 1 N–H and O–H groups in total. The van der Waals surface area contributed by atoms with Crippen LogP contribution in [0.15, 0.2) is 18.3 Å². The highest BCUT2D eigenvalue weighted by Crippen LogP contribution is 2.27. The average Bonchev–Trinajstić information content (AvgIpc) is 2.85. The van der Waals surface area contributed by atoms with E-state index in [1.165, 1.54) is 0 Å². The molecule has 1 aromatic rings. The van der Waals surface area contributed by atoms with E-state index in [-0.39, 0.29) is 5.91 Å². The first kappa shape index (κ1) is 14.8. The highest BCUT2D eigenvalue weighted by atomic mass is 16.2. The summed E-state index contributed by atoms with van der Waals surface area (Å²) in [5, 5.41) is 3.31. The van der Waals surface area contributed by atoms with E-state index in [4.69, 9.17) is 0 Å². The van der Waals surface area contributed by atoms with Crippen LogP contribution in [0.25, 0.3) is 0 Å². The standard InChI is InChI=1S/C16H25N3O/c1-4-9-17-13-8-10-18-15(11-13)16(20)19-12(3)6-7-14(19)5-2/h8,10-12,14H,4-7,9H2,1-3H3,(H,17,18). The van der Waals surface area contributed by atoms with Crippen molar-refractivity contribution < 1.29 is 4.79 Å². The summed E-state index contributed by atoms with van der Waals surface area (Å²) in [6, 6.07) is 4.47. The van der Waals surface area contributed by atoms with Crippen LogP contribution in [0.4, 0.5) is 5.69 Å². The van der Waals surface area contributed by atoms with Crippen molar-refractivity contribution in [3.8, 4) is 0 Å². The van der Waals surface area contributed by atoms with Crippen LogP contribution in [-0.4, -0.2) is 34.4 Å². The van der Waals surface area contributed by atoms with Crippen molar-refractivity contribution in [1.82, 2.24) is 9.88 Å². The van der Waals surface area contributed by atoms with Gasteiger partial charge in [-0.25, -0.2) is 0 Å². The van der Waals surface area contributed by atoms with E-state index < -0.39 is 0 Å². The number of carbonyl (C=O) groups excluding carboxylic acids is 1. The van der Waals surface area contributed by atoms with Crippen LogP contribution >= 0.6 is 0 Å². The fraction of sp³-hybridized carbons (Fsp3) is 0.625. The van der Waals surface area contributed by atoms with Crippen molar-refractivity contribution in [3.63, 3.8) is 0 Å². The summed E-state index contributed by atoms with van der Waals surface area (Å²) in [7, 11) is 0. The number of aromatic nitrogens is 1. The van der Waals surface area contributed by atoms with Crippen molar-refractivity contribution in [2.24, 2.45) is 0 Å². The average molecular weight is 275 g/mol. The number of hydrogen-bond acceptors (Lipinski definition) is 3. The second-order valence-corrected chi connectivity index (χ2v) is 5.56. The van der Waals surface area contributed by atoms with Crippen LogP contribution in [0, 0.1) is 0 Å². The predicted molar refractivity (Wildman–Crippen MR) is 82.0 cm³/mol. The van der Waals surface area contributed by atoms with Crippen molar-refractivity contribution in [2.45, 2.75) is 58.5 Å². The van der Waals surface area contributed by atoms with E-state index in [0.29, 0.717) is 17.8 Å². The Kier molecular flexibility index (Phi) is 4.99. The zero-order valence-corrected chi connectivity index (χ0v) is 12.7. The Labute approximate surface area is 121 Å². The Morgan fingerprint density at radius 2 is 2.25 bits per heavy atom. The second-order valence-electron chi connectivity index (χ2n) is 5.56. The lowest BCUT2D eigenvalue weighted by Crippen LogP contribution is -2.40. The highest BCUT2D eigenvalue weighted by Gasteiger charge is 2.34. The van der Waals surface area contributed by atoms with Crippen molar-refractivity contribution >= 4 is 11.6 Å². The third kappa shape index (κ3) is 3.11. The van der Waals surface area contributed by atoms with Gasteiger partial charge in [0, 0.05) is 30.5 Å². The summed E-state index contributed by atoms with van der Waals surface area (Å²) >= 11 is 0. The molecule has 2 atom stereocenters. The number of nitrogens with one attached hydrogen (secondary N) is 1. The van der Waals surface area contributed by atoms with Crippen molar-refractivity contribution in [3.05, 3.63) is 24.0 Å². The molecule has 0 aliphatic carbocycles. The van der Waals surface area contributed by atoms with E-state index >= 15 is 0 Å². The molecule has 1 saturated heterocycles. The molecule has 1 aliphatic heterocycles. The van der Waals surface area contributed by atoms with Gasteiger partial charge >= 0.3 is 0 Å². The van der Waals surface area contributed by atoms with E-state index in [1.807, 2.05) is 17.0 Å². The van der Waals surface area contributed by atoms with Crippen LogP contribution in [0.3, 0.4) is 0 Å². The molecule has 1 aliphatic rings. The van der Waals surface area contributed by atoms with Gasteiger partial charge in [0.15, 0.2) is 0 Å². The first-order valence-electron chi connectivity index (χ1n) is 7.70. The van der Waals surface area contributed by atoms with E-state index in [0.717, 1.165) is 37.9 Å². The summed E-state index contributed by atoms with van der Waals surface area (Å²) < 4.78 is 0. The Morgan fingerprint density at radius 1 is 1.45 bits per heavy atom. The SMILES string of the molecule is CCCNc1ccnc(C(=O)N2C(C)CCC2CC)c1. The Hall–Kier alpha value is -1.58. The van der Waals surface area contributed by atoms with Crippen LogP contribution in [0.1, 0.15) is 56.9 Å². The molecular weight excluding hydrogens is 250 g/mol. The molecule has 0 radical (unpaired) electrons. The van der Waals surface area contributed by atoms with Gasteiger partial charge in [0.1, 0.15) is 5.69 Å². The number of rotatable bonds is 5. The minimum atomic E-state index is 0.0713. The molecular formula is C16H25N3O. The molecule has 2 heterocycles. The maximum atomic E-state index is 12.7. The first-order valence-corrected chi connectivity index (χ1v) is 7.70. The molecule has 110 valence electrons. The lowest BCUT2D eigenvalue weighted by atomic mass is 10.1. The zero-order chi connectivity index (χ0) is 14.5. The van der Waals surface area contributed by atoms with Gasteiger partial charge in [-0.3, -0.25) is 9.78 Å². The smallest absolute Gasteiger partial charge is 0.273 e. The maximum absolute atomic E-state index is 12.7. The number of amides is 1. The Bertz CT molecular complexity index is 461. The van der Waals surface area contributed by atoms with Crippen LogP contribution < -0.4 is 5.32 Å². The van der Waals surface area contributed by atoms with Crippen LogP contribution in [0.5, 0.6) is 0 Å². The summed E-state index contributed by atoms with van der Waals surface area (Å²) in [5.41, 5.74) is 1.53. The monoisotopic (exact) mass is 275 g/mol. The molecule has 4 heteroatoms. The third-order valence-electron chi connectivity index (χ3n) is 4.05. The van der Waals surface area contributed by atoms with Gasteiger partial charge in [-0.05, 0) is 44.7 Å². The number of anilines is 1. The summed E-state index contributed by atoms with van der Waals surface area (Å²) in [6.45, 7) is 7.32. The zero-order valence-electron chi connectivity index (χ0n) is 12.7. The molecule has 0 aromatic carbocycles. The van der Waals surface area contributed by atoms with Gasteiger partial charge in [-0.1, -0.05) is 13.8 Å². The summed E-state index contributed by atoms with van der Waals surface area (Å²) in [6.07, 6.45) is 6.00. The minimum Gasteiger partial charge on any atom is -0.385 e. The number of likely N-dealkylation sites (tertiary alicyclic amines) is 1. The molecule has 1 amide bonds. The molecule has 0 spiro atoms. The van der Waals surface area contributed by atoms with Gasteiger partial charge < -0.3 is 10.2 Å². The normalized spacial score (nSPS) is 22.1. The fourth-order valence-electron chi connectivity index (χ4n) is 2.90. The maximum Gasteiger partial charge on any atom is 0.273 e.